The first-order valence-corrected chi connectivity index (χ1v) is 12.7. The third kappa shape index (κ3) is 4.41. The zero-order valence-corrected chi connectivity index (χ0v) is 20.1. The zero-order valence-electron chi connectivity index (χ0n) is 18.6. The number of nitrogens with one attached hydrogen (secondary N) is 2. The molecule has 11 nitrogen and oxygen atoms in total. The SMILES string of the molecule is CCC(Nc1c(Nc2ccc(Cl)c(S(=O)(=O)N3C[C@H](O)CO3)c2O)c(=O)c1=O)[C@H]1CC[C@@H](C)O1. The van der Waals surface area contributed by atoms with E-state index in [2.05, 4.69) is 10.6 Å². The summed E-state index contributed by atoms with van der Waals surface area (Å²) in [6.07, 6.45) is 1.33. The summed E-state index contributed by atoms with van der Waals surface area (Å²) in [5.41, 5.74) is -1.71. The Morgan fingerprint density at radius 1 is 1.24 bits per heavy atom. The van der Waals surface area contributed by atoms with Crippen molar-refractivity contribution in [2.24, 2.45) is 0 Å². The van der Waals surface area contributed by atoms with Crippen LogP contribution in [0.3, 0.4) is 0 Å². The molecule has 34 heavy (non-hydrogen) atoms. The van der Waals surface area contributed by atoms with Crippen LogP contribution in [0, 0.1) is 0 Å². The highest BCUT2D eigenvalue weighted by atomic mass is 35.5. The number of anilines is 3. The molecule has 2 aliphatic rings. The fourth-order valence-electron chi connectivity index (χ4n) is 4.16. The Kier molecular flexibility index (Phi) is 6.91. The molecule has 4 rings (SSSR count). The van der Waals surface area contributed by atoms with Gasteiger partial charge in [-0.15, -0.1) is 0 Å². The minimum absolute atomic E-state index is 0.0461. The molecule has 186 valence electrons. The van der Waals surface area contributed by atoms with Crippen molar-refractivity contribution in [3.8, 4) is 5.75 Å². The van der Waals surface area contributed by atoms with Gasteiger partial charge in [0.15, 0.2) is 5.75 Å². The molecule has 4 atom stereocenters. The molecule has 1 unspecified atom stereocenters. The molecular weight excluding hydrogens is 490 g/mol. The van der Waals surface area contributed by atoms with E-state index in [0.29, 0.717) is 10.9 Å². The lowest BCUT2D eigenvalue weighted by molar-refractivity contribution is -0.0317. The van der Waals surface area contributed by atoms with Gasteiger partial charge in [-0.2, -0.15) is 0 Å². The van der Waals surface area contributed by atoms with Crippen molar-refractivity contribution in [3.05, 3.63) is 37.6 Å². The van der Waals surface area contributed by atoms with E-state index in [1.54, 1.807) is 0 Å². The maximum Gasteiger partial charge on any atom is 0.270 e. The number of hydrogen-bond donors (Lipinski definition) is 4. The van der Waals surface area contributed by atoms with Gasteiger partial charge in [-0.05, 0) is 38.3 Å². The second-order valence-electron chi connectivity index (χ2n) is 8.47. The Labute approximate surface area is 200 Å². The molecular formula is C21H26ClN3O8S. The largest absolute Gasteiger partial charge is 0.504 e. The number of rotatable bonds is 8. The Bertz CT molecular complexity index is 1260. The number of hydrogen-bond acceptors (Lipinski definition) is 10. The molecule has 0 aliphatic carbocycles. The quantitative estimate of drug-likeness (QED) is 0.300. The summed E-state index contributed by atoms with van der Waals surface area (Å²) in [5, 5.41) is 25.8. The van der Waals surface area contributed by atoms with Gasteiger partial charge in [0.1, 0.15) is 16.3 Å². The van der Waals surface area contributed by atoms with E-state index in [0.717, 1.165) is 12.8 Å². The van der Waals surface area contributed by atoms with Gasteiger partial charge in [0, 0.05) is 0 Å². The number of nitrogens with zero attached hydrogens (tertiary/aromatic N) is 1. The zero-order chi connectivity index (χ0) is 24.8. The summed E-state index contributed by atoms with van der Waals surface area (Å²) < 4.78 is 32.3. The molecule has 2 aromatic carbocycles. The normalized spacial score (nSPS) is 24.5. The average Bonchev–Trinajstić information content (AvgIpc) is 3.43. The van der Waals surface area contributed by atoms with Crippen molar-refractivity contribution in [2.45, 2.75) is 62.4 Å². The Balaban J connectivity index is 1.62. The molecule has 0 amide bonds. The maximum atomic E-state index is 12.9. The van der Waals surface area contributed by atoms with E-state index < -0.39 is 37.6 Å². The lowest BCUT2D eigenvalue weighted by Gasteiger charge is -2.26. The number of aliphatic hydroxyl groups excluding tert-OH is 1. The van der Waals surface area contributed by atoms with Gasteiger partial charge in [-0.25, -0.2) is 8.42 Å². The number of halogens is 1. The molecule has 4 N–H and O–H groups in total. The summed E-state index contributed by atoms with van der Waals surface area (Å²) in [6.45, 7) is 3.35. The van der Waals surface area contributed by atoms with Crippen LogP contribution >= 0.6 is 11.6 Å². The number of aromatic hydroxyl groups is 1. The average molecular weight is 516 g/mol. The van der Waals surface area contributed by atoms with Crippen molar-refractivity contribution >= 4 is 38.7 Å². The molecule has 2 saturated heterocycles. The number of ether oxygens (including phenoxy) is 1. The van der Waals surface area contributed by atoms with E-state index in [9.17, 15) is 28.2 Å². The fourth-order valence-corrected chi connectivity index (χ4v) is 6.05. The molecule has 0 saturated carbocycles. The number of sulfonamides is 1. The van der Waals surface area contributed by atoms with Crippen LogP contribution in [-0.2, 0) is 19.6 Å². The fraction of sp³-hybridized carbons (Fsp3) is 0.524. The van der Waals surface area contributed by atoms with Crippen LogP contribution in [0.1, 0.15) is 33.1 Å². The molecule has 0 bridgehead atoms. The van der Waals surface area contributed by atoms with Gasteiger partial charge in [0.25, 0.3) is 20.9 Å². The van der Waals surface area contributed by atoms with Gasteiger partial charge in [-0.1, -0.05) is 23.0 Å². The van der Waals surface area contributed by atoms with Gasteiger partial charge in [-0.3, -0.25) is 14.4 Å². The first kappa shape index (κ1) is 24.9. The topological polar surface area (TPSA) is 154 Å². The van der Waals surface area contributed by atoms with Gasteiger partial charge in [0.05, 0.1) is 48.2 Å². The highest BCUT2D eigenvalue weighted by Crippen LogP contribution is 2.40. The number of hydroxylamine groups is 1. The summed E-state index contributed by atoms with van der Waals surface area (Å²) in [7, 11) is -4.43. The number of phenols is 1. The van der Waals surface area contributed by atoms with Crippen LogP contribution in [0.15, 0.2) is 26.6 Å². The van der Waals surface area contributed by atoms with Crippen LogP contribution < -0.4 is 21.5 Å². The molecule has 0 radical (unpaired) electrons. The van der Waals surface area contributed by atoms with Crippen LogP contribution in [0.25, 0.3) is 0 Å². The molecule has 2 aliphatic heterocycles. The molecule has 2 aromatic rings. The predicted octanol–water partition coefficient (Wildman–Crippen LogP) is 1.44. The second-order valence-corrected chi connectivity index (χ2v) is 10.6. The highest BCUT2D eigenvalue weighted by Gasteiger charge is 2.38. The second kappa shape index (κ2) is 9.44. The van der Waals surface area contributed by atoms with Crippen molar-refractivity contribution in [1.29, 1.82) is 0 Å². The summed E-state index contributed by atoms with van der Waals surface area (Å²) >= 11 is 6.07. The summed E-state index contributed by atoms with van der Waals surface area (Å²) in [5.74, 6) is -0.753. The monoisotopic (exact) mass is 515 g/mol. The van der Waals surface area contributed by atoms with E-state index in [1.165, 1.54) is 12.1 Å². The lowest BCUT2D eigenvalue weighted by atomic mass is 10.0. The van der Waals surface area contributed by atoms with Crippen LogP contribution in [0.4, 0.5) is 17.1 Å². The van der Waals surface area contributed by atoms with Gasteiger partial charge >= 0.3 is 0 Å². The van der Waals surface area contributed by atoms with Crippen molar-refractivity contribution < 1.29 is 28.2 Å². The van der Waals surface area contributed by atoms with Crippen molar-refractivity contribution in [2.75, 3.05) is 23.8 Å². The predicted molar refractivity (Wildman–Crippen MR) is 125 cm³/mol. The minimum Gasteiger partial charge on any atom is -0.504 e. The van der Waals surface area contributed by atoms with E-state index in [1.807, 2.05) is 13.8 Å². The third-order valence-electron chi connectivity index (χ3n) is 6.03. The molecule has 13 heteroatoms. The smallest absolute Gasteiger partial charge is 0.270 e. The van der Waals surface area contributed by atoms with E-state index >= 15 is 0 Å². The lowest BCUT2D eigenvalue weighted by Crippen LogP contribution is -2.42. The van der Waals surface area contributed by atoms with Crippen LogP contribution in [0.2, 0.25) is 5.02 Å². The molecule has 2 heterocycles. The number of aliphatic hydroxyl groups is 1. The summed E-state index contributed by atoms with van der Waals surface area (Å²) in [4.78, 5) is 28.9. The Morgan fingerprint density at radius 3 is 2.53 bits per heavy atom. The first-order valence-electron chi connectivity index (χ1n) is 10.9. The summed E-state index contributed by atoms with van der Waals surface area (Å²) in [6, 6.07) is 2.31. The van der Waals surface area contributed by atoms with Crippen molar-refractivity contribution in [3.63, 3.8) is 0 Å². The molecule has 0 spiro atoms. The number of β-amino-alcohol motifs (C(OH)–C–C–N with tert-alkyl or cyclic N) is 1. The standard InChI is InChI=1S/C21H26ClN3O8S/c1-3-13(15-7-4-10(2)33-15)23-16-17(20(29)19(16)28)24-14-6-5-12(22)21(18(14)27)34(30,31)25-8-11(26)9-32-25/h5-6,10-11,13,15,23-24,26-27H,3-4,7-9H2,1-2H3/t10-,11+,13?,15-/m1/s1. The molecule has 0 aromatic heterocycles. The Hall–Kier alpha value is -2.22. The van der Waals surface area contributed by atoms with Gasteiger partial charge < -0.3 is 25.6 Å². The maximum absolute atomic E-state index is 12.9. The van der Waals surface area contributed by atoms with Crippen LogP contribution in [0.5, 0.6) is 5.75 Å². The van der Waals surface area contributed by atoms with E-state index in [4.69, 9.17) is 21.2 Å². The molecule has 2 fully saturated rings. The van der Waals surface area contributed by atoms with Crippen molar-refractivity contribution in [1.82, 2.24) is 4.47 Å². The number of phenolic OH excluding ortho intramolecular Hbond substituents is 1. The van der Waals surface area contributed by atoms with E-state index in [-0.39, 0.29) is 53.5 Å². The van der Waals surface area contributed by atoms with Gasteiger partial charge in [0.2, 0.25) is 0 Å². The van der Waals surface area contributed by atoms with Crippen LogP contribution in [-0.4, -0.2) is 60.6 Å². The first-order chi connectivity index (χ1) is 16.0. The highest BCUT2D eigenvalue weighted by molar-refractivity contribution is 7.89. The Morgan fingerprint density at radius 2 is 1.94 bits per heavy atom. The third-order valence-corrected chi connectivity index (χ3v) is 8.18. The number of benzene rings is 1. The minimum atomic E-state index is -4.43.